The predicted molar refractivity (Wildman–Crippen MR) is 93.4 cm³/mol. The van der Waals surface area contributed by atoms with Crippen molar-refractivity contribution in [1.82, 2.24) is 0 Å². The van der Waals surface area contributed by atoms with Crippen molar-refractivity contribution in [2.45, 2.75) is 13.0 Å². The molecule has 0 spiro atoms. The van der Waals surface area contributed by atoms with Crippen molar-refractivity contribution in [2.75, 3.05) is 16.8 Å². The van der Waals surface area contributed by atoms with Crippen molar-refractivity contribution >= 4 is 39.1 Å². The van der Waals surface area contributed by atoms with Gasteiger partial charge in [0.05, 0.1) is 5.69 Å². The normalized spacial score (nSPS) is 16.3. The van der Waals surface area contributed by atoms with E-state index >= 15 is 0 Å². The largest absolute Gasteiger partial charge is 0.479 e. The molecular weight excluding hydrogens is 376 g/mol. The summed E-state index contributed by atoms with van der Waals surface area (Å²) in [4.78, 5) is 26.0. The van der Waals surface area contributed by atoms with E-state index in [1.165, 1.54) is 0 Å². The fraction of sp³-hybridized carbons (Fsp3) is 0.176. The van der Waals surface area contributed by atoms with Gasteiger partial charge in [0.15, 0.2) is 16.5 Å². The van der Waals surface area contributed by atoms with Crippen molar-refractivity contribution in [1.29, 1.82) is 0 Å². The maximum absolute atomic E-state index is 12.3. The molecule has 1 aromatic heterocycles. The van der Waals surface area contributed by atoms with Crippen LogP contribution in [0.1, 0.15) is 17.5 Å². The van der Waals surface area contributed by atoms with Gasteiger partial charge in [-0.15, -0.1) is 6.58 Å². The summed E-state index contributed by atoms with van der Waals surface area (Å²) in [5.74, 6) is 0.236. The maximum Gasteiger partial charge on any atom is 0.291 e. The molecule has 6 nitrogen and oxygen atoms in total. The summed E-state index contributed by atoms with van der Waals surface area (Å²) in [6.07, 6.45) is 1.09. The van der Waals surface area contributed by atoms with Crippen LogP contribution >= 0.6 is 15.9 Å². The number of rotatable bonds is 4. The van der Waals surface area contributed by atoms with Crippen LogP contribution < -0.4 is 15.0 Å². The van der Waals surface area contributed by atoms with E-state index in [2.05, 4.69) is 27.8 Å². The summed E-state index contributed by atoms with van der Waals surface area (Å²) in [6.45, 7) is 5.74. The van der Waals surface area contributed by atoms with E-state index in [0.717, 1.165) is 0 Å². The first kappa shape index (κ1) is 16.3. The Hall–Kier alpha value is -2.54. The molecule has 1 aliphatic rings. The van der Waals surface area contributed by atoms with Gasteiger partial charge in [-0.05, 0) is 53.2 Å². The Kier molecular flexibility index (Phi) is 4.44. The monoisotopic (exact) mass is 390 g/mol. The third kappa shape index (κ3) is 3.07. The van der Waals surface area contributed by atoms with Gasteiger partial charge in [-0.1, -0.05) is 6.08 Å². The van der Waals surface area contributed by atoms with E-state index in [-0.39, 0.29) is 17.6 Å². The number of hydrogen-bond donors (Lipinski definition) is 1. The van der Waals surface area contributed by atoms with Crippen LogP contribution in [0, 0.1) is 0 Å². The number of furan rings is 1. The lowest BCUT2D eigenvalue weighted by molar-refractivity contribution is -0.125. The van der Waals surface area contributed by atoms with Gasteiger partial charge in [0.1, 0.15) is 5.75 Å². The Morgan fingerprint density at radius 3 is 2.88 bits per heavy atom. The molecule has 1 N–H and O–H groups in total. The van der Waals surface area contributed by atoms with Gasteiger partial charge < -0.3 is 19.4 Å². The smallest absolute Gasteiger partial charge is 0.291 e. The number of fused-ring (bicyclic) bond motifs is 1. The van der Waals surface area contributed by atoms with Gasteiger partial charge in [-0.3, -0.25) is 9.59 Å². The molecule has 7 heteroatoms. The molecule has 2 heterocycles. The van der Waals surface area contributed by atoms with E-state index in [1.807, 2.05) is 0 Å². The third-order valence-corrected chi connectivity index (χ3v) is 3.96. The highest BCUT2D eigenvalue weighted by atomic mass is 79.9. The summed E-state index contributed by atoms with van der Waals surface area (Å²) >= 11 is 3.16. The number of carbonyl (C=O) groups is 2. The molecule has 3 rings (SSSR count). The number of carbonyl (C=O) groups excluding carboxylic acids is 2. The van der Waals surface area contributed by atoms with Crippen LogP contribution in [0.2, 0.25) is 0 Å². The average molecular weight is 391 g/mol. The number of nitrogens with one attached hydrogen (secondary N) is 1. The minimum atomic E-state index is -0.557. The predicted octanol–water partition coefficient (Wildman–Crippen LogP) is 3.59. The molecule has 1 aliphatic heterocycles. The van der Waals surface area contributed by atoms with Crippen LogP contribution in [0.25, 0.3) is 0 Å². The molecule has 0 bridgehead atoms. The second-order valence-electron chi connectivity index (χ2n) is 5.24. The number of benzene rings is 1. The topological polar surface area (TPSA) is 71.8 Å². The molecule has 0 saturated heterocycles. The van der Waals surface area contributed by atoms with Crippen LogP contribution in [0.3, 0.4) is 0 Å². The molecule has 0 aliphatic carbocycles. The fourth-order valence-corrected chi connectivity index (χ4v) is 2.74. The number of ether oxygens (including phenoxy) is 1. The molecule has 1 aromatic carbocycles. The molecule has 0 fully saturated rings. The molecule has 2 aromatic rings. The van der Waals surface area contributed by atoms with Gasteiger partial charge in [0, 0.05) is 12.2 Å². The Bertz CT molecular complexity index is 815. The Labute approximate surface area is 147 Å². The molecule has 2 amide bonds. The first-order chi connectivity index (χ1) is 11.5. The lowest BCUT2D eigenvalue weighted by atomic mass is 10.1. The molecular formula is C17H15BrN2O4. The SMILES string of the molecule is C=CCN1C(=O)C(C)Oc2ccc(NC(=O)c3ccc(Br)o3)cc21. The Morgan fingerprint density at radius 1 is 1.42 bits per heavy atom. The molecule has 24 heavy (non-hydrogen) atoms. The molecule has 0 radical (unpaired) electrons. The highest BCUT2D eigenvalue weighted by molar-refractivity contribution is 9.10. The van der Waals surface area contributed by atoms with Crippen LogP contribution in [0.15, 0.2) is 52.1 Å². The number of amides is 2. The summed E-state index contributed by atoms with van der Waals surface area (Å²) in [6, 6.07) is 8.33. The van der Waals surface area contributed by atoms with Crippen LogP contribution in [0.4, 0.5) is 11.4 Å². The van der Waals surface area contributed by atoms with Crippen molar-refractivity contribution in [3.8, 4) is 5.75 Å². The Morgan fingerprint density at radius 2 is 2.21 bits per heavy atom. The summed E-state index contributed by atoms with van der Waals surface area (Å²) in [5, 5.41) is 2.74. The zero-order valence-corrected chi connectivity index (χ0v) is 14.5. The van der Waals surface area contributed by atoms with E-state index in [1.54, 1.807) is 48.2 Å². The second kappa shape index (κ2) is 6.52. The van der Waals surface area contributed by atoms with Gasteiger partial charge in [0.25, 0.3) is 11.8 Å². The van der Waals surface area contributed by atoms with Gasteiger partial charge in [0.2, 0.25) is 0 Å². The second-order valence-corrected chi connectivity index (χ2v) is 6.02. The van der Waals surface area contributed by atoms with E-state index in [0.29, 0.717) is 28.3 Å². The number of anilines is 2. The van der Waals surface area contributed by atoms with Crippen LogP contribution in [-0.2, 0) is 4.79 Å². The van der Waals surface area contributed by atoms with E-state index in [9.17, 15) is 9.59 Å². The number of halogens is 1. The van der Waals surface area contributed by atoms with Gasteiger partial charge >= 0.3 is 0 Å². The maximum atomic E-state index is 12.3. The van der Waals surface area contributed by atoms with E-state index < -0.39 is 6.10 Å². The van der Waals surface area contributed by atoms with Gasteiger partial charge in [-0.2, -0.15) is 0 Å². The average Bonchev–Trinajstić information content (AvgIpc) is 2.99. The summed E-state index contributed by atoms with van der Waals surface area (Å²) < 4.78 is 11.3. The number of hydrogen-bond acceptors (Lipinski definition) is 4. The zero-order valence-electron chi connectivity index (χ0n) is 12.9. The standard InChI is InChI=1S/C17H15BrN2O4/c1-3-8-20-12-9-11(4-5-13(12)23-10(2)17(20)22)19-16(21)14-6-7-15(18)24-14/h3-7,9-10H,1,8H2,2H3,(H,19,21). The molecule has 1 unspecified atom stereocenters. The fourth-order valence-electron chi connectivity index (χ4n) is 2.43. The minimum Gasteiger partial charge on any atom is -0.479 e. The zero-order chi connectivity index (χ0) is 17.3. The van der Waals surface area contributed by atoms with Crippen molar-refractivity contribution in [3.63, 3.8) is 0 Å². The highest BCUT2D eigenvalue weighted by Gasteiger charge is 2.31. The Balaban J connectivity index is 1.88. The molecule has 0 saturated carbocycles. The third-order valence-electron chi connectivity index (χ3n) is 3.53. The first-order valence-corrected chi connectivity index (χ1v) is 8.08. The van der Waals surface area contributed by atoms with Gasteiger partial charge in [-0.25, -0.2) is 0 Å². The van der Waals surface area contributed by atoms with E-state index in [4.69, 9.17) is 9.15 Å². The summed E-state index contributed by atoms with van der Waals surface area (Å²) in [7, 11) is 0. The number of nitrogens with zero attached hydrogens (tertiary/aromatic N) is 1. The summed E-state index contributed by atoms with van der Waals surface area (Å²) in [5.41, 5.74) is 1.13. The van der Waals surface area contributed by atoms with Crippen LogP contribution in [-0.4, -0.2) is 24.5 Å². The first-order valence-electron chi connectivity index (χ1n) is 7.29. The molecule has 1 atom stereocenters. The lowest BCUT2D eigenvalue weighted by Gasteiger charge is -2.32. The minimum absolute atomic E-state index is 0.152. The van der Waals surface area contributed by atoms with Crippen molar-refractivity contribution in [3.05, 3.63) is 53.4 Å². The van der Waals surface area contributed by atoms with Crippen LogP contribution in [0.5, 0.6) is 5.75 Å². The molecule has 124 valence electrons. The van der Waals surface area contributed by atoms with Crippen molar-refractivity contribution < 1.29 is 18.7 Å². The quantitative estimate of drug-likeness (QED) is 0.809. The van der Waals surface area contributed by atoms with Crippen molar-refractivity contribution in [2.24, 2.45) is 0 Å². The highest BCUT2D eigenvalue weighted by Crippen LogP contribution is 2.36. The lowest BCUT2D eigenvalue weighted by Crippen LogP contribution is -2.44.